The number of carbonyl (C=O) groups is 1. The molecule has 0 spiro atoms. The minimum atomic E-state index is -1.08. The van der Waals surface area contributed by atoms with Crippen LogP contribution in [0, 0.1) is 19.8 Å². The van der Waals surface area contributed by atoms with Gasteiger partial charge in [0.25, 0.3) is 0 Å². The molecule has 31 heavy (non-hydrogen) atoms. The molecule has 0 aromatic carbocycles. The molecule has 1 aromatic rings. The second kappa shape index (κ2) is 13.3. The van der Waals surface area contributed by atoms with E-state index in [1.807, 2.05) is 26.8 Å². The predicted molar refractivity (Wildman–Crippen MR) is 135 cm³/mol. The molecule has 0 bridgehead atoms. The lowest BCUT2D eigenvalue weighted by atomic mass is 9.96. The fourth-order valence-corrected chi connectivity index (χ4v) is 3.93. The first kappa shape index (κ1) is 27.7. The number of furan rings is 1. The van der Waals surface area contributed by atoms with Crippen molar-refractivity contribution in [3.05, 3.63) is 23.2 Å². The van der Waals surface area contributed by atoms with Crippen LogP contribution in [0.1, 0.15) is 56.6 Å². The second-order valence-electron chi connectivity index (χ2n) is 8.45. The Kier molecular flexibility index (Phi) is 11.9. The Hall–Kier alpha value is -1.33. The summed E-state index contributed by atoms with van der Waals surface area (Å²) in [5.41, 5.74) is 5.09. The number of likely N-dealkylation sites (tertiary alicyclic amines) is 1. The third-order valence-electron chi connectivity index (χ3n) is 5.69. The molecule has 2 heterocycles. The van der Waals surface area contributed by atoms with Gasteiger partial charge in [-0.25, -0.2) is 4.99 Å². The summed E-state index contributed by atoms with van der Waals surface area (Å²) >= 11 is 0. The van der Waals surface area contributed by atoms with Crippen molar-refractivity contribution in [3.63, 3.8) is 0 Å². The van der Waals surface area contributed by atoms with E-state index in [-0.39, 0.29) is 42.3 Å². The Labute approximate surface area is 203 Å². The number of piperidine rings is 1. The predicted octanol–water partition coefficient (Wildman–Crippen LogP) is 2.25. The number of aliphatic hydroxyl groups is 1. The van der Waals surface area contributed by atoms with Crippen molar-refractivity contribution < 1.29 is 14.3 Å². The molecule has 1 atom stereocenters. The normalized spacial score (nSPS) is 17.6. The Morgan fingerprint density at radius 3 is 2.55 bits per heavy atom. The van der Waals surface area contributed by atoms with Crippen molar-refractivity contribution in [1.29, 1.82) is 0 Å². The summed E-state index contributed by atoms with van der Waals surface area (Å²) in [4.78, 5) is 18.2. The van der Waals surface area contributed by atoms with Crippen LogP contribution in [0.4, 0.5) is 0 Å². The molecule has 0 radical (unpaired) electrons. The zero-order chi connectivity index (χ0) is 22.1. The number of nitrogens with one attached hydrogen (secondary N) is 2. The average Bonchev–Trinajstić information content (AvgIpc) is 3.05. The number of nitrogens with two attached hydrogens (primary N) is 1. The molecule has 2 rings (SSSR count). The first-order valence-corrected chi connectivity index (χ1v) is 11.1. The third-order valence-corrected chi connectivity index (χ3v) is 5.69. The van der Waals surface area contributed by atoms with Crippen LogP contribution in [-0.4, -0.2) is 61.1 Å². The highest BCUT2D eigenvalue weighted by molar-refractivity contribution is 14.0. The smallest absolute Gasteiger partial charge is 0.220 e. The van der Waals surface area contributed by atoms with E-state index in [9.17, 15) is 9.90 Å². The number of primary amides is 1. The Bertz CT molecular complexity index is 712. The Balaban J connectivity index is 0.00000480. The van der Waals surface area contributed by atoms with Gasteiger partial charge in [0.1, 0.15) is 17.1 Å². The Morgan fingerprint density at radius 2 is 2.00 bits per heavy atom. The van der Waals surface area contributed by atoms with Crippen molar-refractivity contribution in [3.8, 4) is 0 Å². The highest BCUT2D eigenvalue weighted by atomic mass is 127. The first-order chi connectivity index (χ1) is 14.2. The molecule has 0 saturated carbocycles. The van der Waals surface area contributed by atoms with Gasteiger partial charge in [-0.15, -0.1) is 24.0 Å². The summed E-state index contributed by atoms with van der Waals surface area (Å²) in [7, 11) is 0. The number of amides is 1. The summed E-state index contributed by atoms with van der Waals surface area (Å²) in [5.74, 6) is 2.11. The highest BCUT2D eigenvalue weighted by Gasteiger charge is 2.27. The van der Waals surface area contributed by atoms with Crippen LogP contribution in [0.15, 0.2) is 15.5 Å². The zero-order valence-electron chi connectivity index (χ0n) is 19.4. The molecule has 5 N–H and O–H groups in total. The van der Waals surface area contributed by atoms with Crippen molar-refractivity contribution in [1.82, 2.24) is 15.5 Å². The molecule has 1 saturated heterocycles. The first-order valence-electron chi connectivity index (χ1n) is 11.1. The molecule has 8 nitrogen and oxygen atoms in total. The summed E-state index contributed by atoms with van der Waals surface area (Å²) in [6.07, 6.45) is 3.86. The molecular weight excluding hydrogens is 509 g/mol. The number of unbranched alkanes of at least 4 members (excludes halogenated alkanes) is 1. The lowest BCUT2D eigenvalue weighted by molar-refractivity contribution is -0.123. The van der Waals surface area contributed by atoms with Crippen molar-refractivity contribution in [2.24, 2.45) is 16.6 Å². The lowest BCUT2D eigenvalue weighted by Crippen LogP contribution is -2.40. The third kappa shape index (κ3) is 8.97. The van der Waals surface area contributed by atoms with Gasteiger partial charge >= 0.3 is 0 Å². The second-order valence-corrected chi connectivity index (χ2v) is 8.45. The van der Waals surface area contributed by atoms with Gasteiger partial charge in [0.05, 0.1) is 6.54 Å². The van der Waals surface area contributed by atoms with E-state index < -0.39 is 5.60 Å². The fraction of sp³-hybridized carbons (Fsp3) is 0.727. The van der Waals surface area contributed by atoms with Crippen molar-refractivity contribution >= 4 is 35.8 Å². The largest absolute Gasteiger partial charge is 0.466 e. The topological polar surface area (TPSA) is 116 Å². The molecule has 1 aromatic heterocycles. The molecule has 0 aliphatic carbocycles. The van der Waals surface area contributed by atoms with Crippen LogP contribution in [-0.2, 0) is 10.4 Å². The van der Waals surface area contributed by atoms with E-state index in [0.717, 1.165) is 75.5 Å². The standard InChI is InChI=1S/C22H39N5O3.HI/c1-5-24-21(26-15-22(4,29)19-14-16(2)30-17(19)3)25-10-6-7-11-27-12-8-18(9-13-27)20(23)28;/h14,18,29H,5-13,15H2,1-4H3,(H2,23,28)(H2,24,25,26);1H. The van der Waals surface area contributed by atoms with Crippen LogP contribution in [0.25, 0.3) is 0 Å². The van der Waals surface area contributed by atoms with Gasteiger partial charge in [0.2, 0.25) is 5.91 Å². The minimum Gasteiger partial charge on any atom is -0.466 e. The van der Waals surface area contributed by atoms with Gasteiger partial charge in [0, 0.05) is 24.6 Å². The number of hydrogen-bond donors (Lipinski definition) is 4. The summed E-state index contributed by atoms with van der Waals surface area (Å²) in [6, 6.07) is 1.87. The van der Waals surface area contributed by atoms with E-state index in [2.05, 4.69) is 20.5 Å². The number of aliphatic imine (C=N–C) groups is 1. The monoisotopic (exact) mass is 549 g/mol. The molecule has 178 valence electrons. The zero-order valence-corrected chi connectivity index (χ0v) is 21.7. The van der Waals surface area contributed by atoms with Crippen LogP contribution in [0.5, 0.6) is 0 Å². The molecular formula is C22H40IN5O3. The van der Waals surface area contributed by atoms with E-state index in [1.54, 1.807) is 6.92 Å². The molecule has 1 aliphatic heterocycles. The van der Waals surface area contributed by atoms with Crippen LogP contribution in [0.3, 0.4) is 0 Å². The Morgan fingerprint density at radius 1 is 1.32 bits per heavy atom. The van der Waals surface area contributed by atoms with Gasteiger partial charge in [-0.3, -0.25) is 4.79 Å². The SMILES string of the molecule is CCNC(=NCC(C)(O)c1cc(C)oc1C)NCCCCN1CCC(C(N)=O)CC1.I. The minimum absolute atomic E-state index is 0. The van der Waals surface area contributed by atoms with E-state index in [1.165, 1.54) is 0 Å². The lowest BCUT2D eigenvalue weighted by Gasteiger charge is -2.30. The summed E-state index contributed by atoms with van der Waals surface area (Å²) in [5, 5.41) is 17.4. The summed E-state index contributed by atoms with van der Waals surface area (Å²) in [6.45, 7) is 12.3. The molecule has 1 aliphatic rings. The van der Waals surface area contributed by atoms with Crippen LogP contribution >= 0.6 is 24.0 Å². The summed E-state index contributed by atoms with van der Waals surface area (Å²) < 4.78 is 5.55. The van der Waals surface area contributed by atoms with Gasteiger partial charge < -0.3 is 30.8 Å². The maximum atomic E-state index is 11.2. The highest BCUT2D eigenvalue weighted by Crippen LogP contribution is 2.27. The van der Waals surface area contributed by atoms with Crippen molar-refractivity contribution in [2.75, 3.05) is 39.3 Å². The number of aryl methyl sites for hydroxylation is 2. The maximum absolute atomic E-state index is 11.2. The molecule has 9 heteroatoms. The quantitative estimate of drug-likeness (QED) is 0.154. The van der Waals surface area contributed by atoms with Crippen LogP contribution < -0.4 is 16.4 Å². The molecule has 1 fully saturated rings. The average molecular weight is 549 g/mol. The van der Waals surface area contributed by atoms with Gasteiger partial charge in [0.15, 0.2) is 5.96 Å². The van der Waals surface area contributed by atoms with Crippen LogP contribution in [0.2, 0.25) is 0 Å². The number of guanidine groups is 1. The van der Waals surface area contributed by atoms with E-state index in [4.69, 9.17) is 10.2 Å². The number of halogens is 1. The number of carbonyl (C=O) groups excluding carboxylic acids is 1. The number of rotatable bonds is 10. The van der Waals surface area contributed by atoms with E-state index >= 15 is 0 Å². The van der Waals surface area contributed by atoms with Gasteiger partial charge in [-0.1, -0.05) is 0 Å². The molecule has 1 amide bonds. The van der Waals surface area contributed by atoms with Crippen molar-refractivity contribution in [2.45, 2.75) is 59.0 Å². The number of nitrogens with zero attached hydrogens (tertiary/aromatic N) is 2. The van der Waals surface area contributed by atoms with Gasteiger partial charge in [-0.05, 0) is 79.1 Å². The van der Waals surface area contributed by atoms with Gasteiger partial charge in [-0.2, -0.15) is 0 Å². The number of hydrogen-bond acceptors (Lipinski definition) is 5. The molecule has 1 unspecified atom stereocenters. The van der Waals surface area contributed by atoms with E-state index in [0.29, 0.717) is 5.96 Å². The fourth-order valence-electron chi connectivity index (χ4n) is 3.93. The maximum Gasteiger partial charge on any atom is 0.220 e.